The van der Waals surface area contributed by atoms with E-state index in [0.717, 1.165) is 50.3 Å². The lowest BCUT2D eigenvalue weighted by molar-refractivity contribution is -0.136. The molecular formula is C23H33N5O3. The van der Waals surface area contributed by atoms with Gasteiger partial charge in [-0.05, 0) is 69.1 Å². The minimum absolute atomic E-state index is 0.118. The number of amides is 3. The average Bonchev–Trinajstić information content (AvgIpc) is 2.92. The number of carbonyl (C=O) groups is 3. The van der Waals surface area contributed by atoms with Gasteiger partial charge >= 0.3 is 0 Å². The second kappa shape index (κ2) is 10.3. The molecule has 0 aliphatic carbocycles. The van der Waals surface area contributed by atoms with Gasteiger partial charge in [0.15, 0.2) is 0 Å². The predicted octanol–water partition coefficient (Wildman–Crippen LogP) is 0.613. The van der Waals surface area contributed by atoms with Crippen LogP contribution in [0.2, 0.25) is 0 Å². The van der Waals surface area contributed by atoms with E-state index in [9.17, 15) is 14.4 Å². The van der Waals surface area contributed by atoms with Crippen LogP contribution in [0.5, 0.6) is 0 Å². The highest BCUT2D eigenvalue weighted by Crippen LogP contribution is 2.28. The minimum Gasteiger partial charge on any atom is -0.322 e. The van der Waals surface area contributed by atoms with E-state index in [1.165, 1.54) is 25.9 Å². The topological polar surface area (TPSA) is 93.8 Å². The molecule has 2 fully saturated rings. The zero-order valence-electron chi connectivity index (χ0n) is 18.1. The molecule has 2 saturated heterocycles. The Kier molecular flexibility index (Phi) is 7.32. The van der Waals surface area contributed by atoms with Gasteiger partial charge in [0.1, 0.15) is 6.04 Å². The Morgan fingerprint density at radius 3 is 2.87 bits per heavy atom. The monoisotopic (exact) mass is 427 g/mol. The molecule has 1 aromatic carbocycles. The third-order valence-corrected chi connectivity index (χ3v) is 6.43. The van der Waals surface area contributed by atoms with Gasteiger partial charge in [0.2, 0.25) is 11.8 Å². The van der Waals surface area contributed by atoms with Crippen LogP contribution in [-0.2, 0) is 22.7 Å². The summed E-state index contributed by atoms with van der Waals surface area (Å²) in [6, 6.07) is 5.37. The van der Waals surface area contributed by atoms with Gasteiger partial charge in [0, 0.05) is 38.2 Å². The summed E-state index contributed by atoms with van der Waals surface area (Å²) < 4.78 is 0. The molecule has 8 nitrogen and oxygen atoms in total. The summed E-state index contributed by atoms with van der Waals surface area (Å²) in [6.45, 7) is 7.93. The fourth-order valence-corrected chi connectivity index (χ4v) is 4.68. The molecule has 1 unspecified atom stereocenters. The molecule has 4 rings (SSSR count). The van der Waals surface area contributed by atoms with Gasteiger partial charge in [-0.2, -0.15) is 0 Å². The van der Waals surface area contributed by atoms with Gasteiger partial charge in [-0.25, -0.2) is 0 Å². The van der Waals surface area contributed by atoms with E-state index < -0.39 is 6.04 Å². The molecular weight excluding hydrogens is 394 g/mol. The van der Waals surface area contributed by atoms with Crippen molar-refractivity contribution in [2.24, 2.45) is 0 Å². The van der Waals surface area contributed by atoms with Gasteiger partial charge in [-0.1, -0.05) is 12.1 Å². The first kappa shape index (κ1) is 21.9. The SMILES string of the molecule is O=C1CCC(N2Cc3cc(CNCCCCN4CCCNCC4)ccc3C2=O)C(=O)N1. The molecule has 3 heterocycles. The number of hydrogen-bond acceptors (Lipinski definition) is 6. The van der Waals surface area contributed by atoms with E-state index >= 15 is 0 Å². The van der Waals surface area contributed by atoms with Crippen molar-refractivity contribution in [3.63, 3.8) is 0 Å². The molecule has 3 amide bonds. The molecule has 3 aliphatic heterocycles. The van der Waals surface area contributed by atoms with Crippen LogP contribution >= 0.6 is 0 Å². The molecule has 1 aromatic rings. The summed E-state index contributed by atoms with van der Waals surface area (Å²) in [7, 11) is 0. The number of benzene rings is 1. The minimum atomic E-state index is -0.556. The molecule has 0 radical (unpaired) electrons. The fourth-order valence-electron chi connectivity index (χ4n) is 4.68. The first-order valence-electron chi connectivity index (χ1n) is 11.5. The fraction of sp³-hybridized carbons (Fsp3) is 0.609. The Morgan fingerprint density at radius 1 is 1.10 bits per heavy atom. The molecule has 3 aliphatic rings. The highest BCUT2D eigenvalue weighted by Gasteiger charge is 2.38. The van der Waals surface area contributed by atoms with Gasteiger partial charge in [0.05, 0.1) is 0 Å². The third-order valence-electron chi connectivity index (χ3n) is 6.43. The normalized spacial score (nSPS) is 22.4. The van der Waals surface area contributed by atoms with Crippen LogP contribution in [0, 0.1) is 0 Å². The van der Waals surface area contributed by atoms with Crippen molar-refractivity contribution >= 4 is 17.7 Å². The maximum Gasteiger partial charge on any atom is 0.255 e. The van der Waals surface area contributed by atoms with E-state index in [0.29, 0.717) is 18.5 Å². The van der Waals surface area contributed by atoms with Crippen molar-refractivity contribution in [2.45, 2.75) is 51.2 Å². The van der Waals surface area contributed by atoms with Crippen molar-refractivity contribution in [1.29, 1.82) is 0 Å². The zero-order chi connectivity index (χ0) is 21.6. The molecule has 8 heteroatoms. The Bertz CT molecular complexity index is 819. The largest absolute Gasteiger partial charge is 0.322 e. The zero-order valence-corrected chi connectivity index (χ0v) is 18.1. The van der Waals surface area contributed by atoms with E-state index in [1.807, 2.05) is 12.1 Å². The molecule has 1 atom stereocenters. The van der Waals surface area contributed by atoms with E-state index in [-0.39, 0.29) is 24.1 Å². The van der Waals surface area contributed by atoms with E-state index in [4.69, 9.17) is 0 Å². The van der Waals surface area contributed by atoms with E-state index in [2.05, 4.69) is 26.9 Å². The van der Waals surface area contributed by atoms with Crippen molar-refractivity contribution < 1.29 is 14.4 Å². The average molecular weight is 428 g/mol. The van der Waals surface area contributed by atoms with Gasteiger partial charge < -0.3 is 20.4 Å². The van der Waals surface area contributed by atoms with Crippen molar-refractivity contribution in [1.82, 2.24) is 25.8 Å². The van der Waals surface area contributed by atoms with Crippen molar-refractivity contribution in [3.8, 4) is 0 Å². The van der Waals surface area contributed by atoms with Crippen molar-refractivity contribution in [2.75, 3.05) is 39.3 Å². The number of rotatable bonds is 8. The number of nitrogens with zero attached hydrogens (tertiary/aromatic N) is 2. The van der Waals surface area contributed by atoms with Crippen LogP contribution in [0.25, 0.3) is 0 Å². The first-order valence-corrected chi connectivity index (χ1v) is 11.5. The molecule has 168 valence electrons. The number of nitrogens with one attached hydrogen (secondary N) is 3. The first-order chi connectivity index (χ1) is 15.1. The van der Waals surface area contributed by atoms with Crippen LogP contribution in [0.15, 0.2) is 18.2 Å². The number of imide groups is 1. The second-order valence-electron chi connectivity index (χ2n) is 8.72. The number of unbranched alkanes of at least 4 members (excludes halogenated alkanes) is 1. The number of hydrogen-bond donors (Lipinski definition) is 3. The summed E-state index contributed by atoms with van der Waals surface area (Å²) in [5, 5.41) is 9.30. The highest BCUT2D eigenvalue weighted by molar-refractivity contribution is 6.05. The molecule has 0 aromatic heterocycles. The standard InChI is InChI=1S/C23H33N5O3/c29-21-7-6-20(22(30)26-21)28-16-18-14-17(4-5-19(18)23(28)31)15-25-8-1-2-11-27-12-3-9-24-10-13-27/h4-5,14,20,24-25H,1-3,6-13,15-16H2,(H,26,29,30). The van der Waals surface area contributed by atoms with Crippen LogP contribution in [0.1, 0.15) is 53.6 Å². The Balaban J connectivity index is 1.21. The van der Waals surface area contributed by atoms with Crippen LogP contribution in [0.3, 0.4) is 0 Å². The summed E-state index contributed by atoms with van der Waals surface area (Å²) in [5.41, 5.74) is 2.78. The van der Waals surface area contributed by atoms with Crippen molar-refractivity contribution in [3.05, 3.63) is 34.9 Å². The number of piperidine rings is 1. The lowest BCUT2D eigenvalue weighted by Gasteiger charge is -2.29. The smallest absolute Gasteiger partial charge is 0.255 e. The molecule has 0 bridgehead atoms. The Labute approximate surface area is 183 Å². The molecule has 0 saturated carbocycles. The predicted molar refractivity (Wildman–Crippen MR) is 117 cm³/mol. The van der Waals surface area contributed by atoms with Crippen LogP contribution in [0.4, 0.5) is 0 Å². The second-order valence-corrected chi connectivity index (χ2v) is 8.72. The summed E-state index contributed by atoms with van der Waals surface area (Å²) in [6.07, 6.45) is 4.26. The maximum absolute atomic E-state index is 12.8. The molecule has 3 N–H and O–H groups in total. The van der Waals surface area contributed by atoms with Gasteiger partial charge in [0.25, 0.3) is 5.91 Å². The maximum atomic E-state index is 12.8. The van der Waals surface area contributed by atoms with Crippen LogP contribution < -0.4 is 16.0 Å². The molecule has 0 spiro atoms. The molecule has 31 heavy (non-hydrogen) atoms. The number of carbonyl (C=O) groups excluding carboxylic acids is 3. The Hall–Kier alpha value is -2.29. The van der Waals surface area contributed by atoms with Gasteiger partial charge in [-0.3, -0.25) is 19.7 Å². The number of fused-ring (bicyclic) bond motifs is 1. The van der Waals surface area contributed by atoms with Crippen LogP contribution in [-0.4, -0.2) is 72.8 Å². The third kappa shape index (κ3) is 5.50. The highest BCUT2D eigenvalue weighted by atomic mass is 16.2. The Morgan fingerprint density at radius 2 is 2.00 bits per heavy atom. The quantitative estimate of drug-likeness (QED) is 0.416. The lowest BCUT2D eigenvalue weighted by Crippen LogP contribution is -2.52. The summed E-state index contributed by atoms with van der Waals surface area (Å²) in [4.78, 5) is 40.5. The summed E-state index contributed by atoms with van der Waals surface area (Å²) in [5.74, 6) is -0.745. The summed E-state index contributed by atoms with van der Waals surface area (Å²) >= 11 is 0. The van der Waals surface area contributed by atoms with E-state index in [1.54, 1.807) is 4.90 Å². The lowest BCUT2D eigenvalue weighted by atomic mass is 10.0. The van der Waals surface area contributed by atoms with Gasteiger partial charge in [-0.15, -0.1) is 0 Å².